The van der Waals surface area contributed by atoms with Gasteiger partial charge in [-0.3, -0.25) is 0 Å². The third kappa shape index (κ3) is 2.28. The molecule has 0 aromatic heterocycles. The summed E-state index contributed by atoms with van der Waals surface area (Å²) in [4.78, 5) is 2.20. The minimum Gasteiger partial charge on any atom is -0.454 e. The van der Waals surface area contributed by atoms with Crippen LogP contribution >= 0.6 is 12.6 Å². The Morgan fingerprint density at radius 1 is 1.31 bits per heavy atom. The third-order valence-electron chi connectivity index (χ3n) is 2.81. The van der Waals surface area contributed by atoms with Crippen molar-refractivity contribution in [1.82, 2.24) is 4.90 Å². The average molecular weight is 239 g/mol. The van der Waals surface area contributed by atoms with Crippen LogP contribution in [0.4, 0.5) is 0 Å². The highest BCUT2D eigenvalue weighted by atomic mass is 32.1. The summed E-state index contributed by atoms with van der Waals surface area (Å²) in [7, 11) is 4.16. The highest BCUT2D eigenvalue weighted by Gasteiger charge is 2.18. The summed E-state index contributed by atoms with van der Waals surface area (Å²) in [5.41, 5.74) is 1.25. The van der Waals surface area contributed by atoms with Crippen LogP contribution in [-0.2, 0) is 0 Å². The van der Waals surface area contributed by atoms with Crippen LogP contribution in [0.5, 0.6) is 11.5 Å². The lowest BCUT2D eigenvalue weighted by Gasteiger charge is -2.24. The maximum absolute atomic E-state index is 5.39. The largest absolute Gasteiger partial charge is 0.454 e. The zero-order valence-corrected chi connectivity index (χ0v) is 10.5. The zero-order chi connectivity index (χ0) is 11.5. The summed E-state index contributed by atoms with van der Waals surface area (Å²) < 4.78 is 10.7. The van der Waals surface area contributed by atoms with E-state index in [9.17, 15) is 0 Å². The molecule has 0 radical (unpaired) electrons. The molecule has 0 amide bonds. The monoisotopic (exact) mass is 239 g/mol. The van der Waals surface area contributed by atoms with Gasteiger partial charge in [0.2, 0.25) is 6.79 Å². The van der Waals surface area contributed by atoms with Crippen LogP contribution < -0.4 is 9.47 Å². The topological polar surface area (TPSA) is 21.7 Å². The van der Waals surface area contributed by atoms with E-state index in [1.54, 1.807) is 0 Å². The molecule has 1 aliphatic heterocycles. The minimum absolute atomic E-state index is 0.331. The summed E-state index contributed by atoms with van der Waals surface area (Å²) in [6, 6.07) is 6.53. The maximum Gasteiger partial charge on any atom is 0.231 e. The standard InChI is InChI=1S/C12H17NO2S/c1-13(2)10(5-6-16)9-3-4-11-12(7-9)15-8-14-11/h3-4,7,10,16H,5-6,8H2,1-2H3. The molecule has 1 heterocycles. The molecule has 1 unspecified atom stereocenters. The van der Waals surface area contributed by atoms with Gasteiger partial charge >= 0.3 is 0 Å². The molecule has 0 saturated heterocycles. The fourth-order valence-corrected chi connectivity index (χ4v) is 2.21. The van der Waals surface area contributed by atoms with Gasteiger partial charge in [-0.05, 0) is 44.0 Å². The van der Waals surface area contributed by atoms with E-state index in [1.165, 1.54) is 5.56 Å². The van der Waals surface area contributed by atoms with Crippen molar-refractivity contribution in [2.24, 2.45) is 0 Å². The molecule has 1 aromatic rings. The molecule has 88 valence electrons. The molecule has 0 N–H and O–H groups in total. The van der Waals surface area contributed by atoms with Crippen LogP contribution in [0.1, 0.15) is 18.0 Å². The van der Waals surface area contributed by atoms with Crippen LogP contribution in [0.25, 0.3) is 0 Å². The van der Waals surface area contributed by atoms with Gasteiger partial charge in [0.05, 0.1) is 0 Å². The van der Waals surface area contributed by atoms with Crippen LogP contribution in [-0.4, -0.2) is 31.5 Å². The minimum atomic E-state index is 0.331. The first-order valence-electron chi connectivity index (χ1n) is 5.39. The summed E-state index contributed by atoms with van der Waals surface area (Å²) in [5, 5.41) is 0. The Labute approximate surface area is 102 Å². The fraction of sp³-hybridized carbons (Fsp3) is 0.500. The number of benzene rings is 1. The first-order chi connectivity index (χ1) is 7.72. The Hall–Kier alpha value is -0.870. The molecule has 4 heteroatoms. The van der Waals surface area contributed by atoms with E-state index in [0.717, 1.165) is 23.7 Å². The predicted molar refractivity (Wildman–Crippen MR) is 67.5 cm³/mol. The smallest absolute Gasteiger partial charge is 0.231 e. The van der Waals surface area contributed by atoms with Crippen molar-refractivity contribution < 1.29 is 9.47 Å². The number of hydrogen-bond acceptors (Lipinski definition) is 4. The van der Waals surface area contributed by atoms with Gasteiger partial charge in [0.25, 0.3) is 0 Å². The lowest BCUT2D eigenvalue weighted by atomic mass is 10.0. The molecule has 0 fully saturated rings. The molecular formula is C12H17NO2S. The van der Waals surface area contributed by atoms with E-state index >= 15 is 0 Å². The molecule has 2 rings (SSSR count). The number of rotatable bonds is 4. The Kier molecular flexibility index (Phi) is 3.61. The SMILES string of the molecule is CN(C)C(CCS)c1ccc2c(c1)OCO2. The second kappa shape index (κ2) is 4.97. The lowest BCUT2D eigenvalue weighted by Crippen LogP contribution is -2.20. The van der Waals surface area contributed by atoms with Gasteiger partial charge in [0, 0.05) is 6.04 Å². The van der Waals surface area contributed by atoms with Gasteiger partial charge in [-0.2, -0.15) is 12.6 Å². The Balaban J connectivity index is 2.24. The summed E-state index contributed by atoms with van der Waals surface area (Å²) >= 11 is 4.30. The number of nitrogens with zero attached hydrogens (tertiary/aromatic N) is 1. The van der Waals surface area contributed by atoms with Gasteiger partial charge in [0.15, 0.2) is 11.5 Å². The second-order valence-electron chi connectivity index (χ2n) is 4.10. The van der Waals surface area contributed by atoms with Crippen molar-refractivity contribution in [1.29, 1.82) is 0 Å². The van der Waals surface area contributed by atoms with Crippen molar-refractivity contribution in [2.75, 3.05) is 26.6 Å². The van der Waals surface area contributed by atoms with Crippen LogP contribution in [0.2, 0.25) is 0 Å². The van der Waals surface area contributed by atoms with Crippen molar-refractivity contribution in [3.05, 3.63) is 23.8 Å². The lowest BCUT2D eigenvalue weighted by molar-refractivity contribution is 0.174. The molecule has 0 aliphatic carbocycles. The first kappa shape index (κ1) is 11.6. The van der Waals surface area contributed by atoms with Gasteiger partial charge in [-0.15, -0.1) is 0 Å². The molecular weight excluding hydrogens is 222 g/mol. The number of ether oxygens (including phenoxy) is 2. The van der Waals surface area contributed by atoms with Crippen LogP contribution in [0, 0.1) is 0 Å². The quantitative estimate of drug-likeness (QED) is 0.815. The summed E-state index contributed by atoms with van der Waals surface area (Å²) in [6.07, 6.45) is 1.02. The second-order valence-corrected chi connectivity index (χ2v) is 4.55. The fourth-order valence-electron chi connectivity index (χ4n) is 1.97. The van der Waals surface area contributed by atoms with E-state index in [1.807, 2.05) is 6.07 Å². The van der Waals surface area contributed by atoms with Crippen molar-refractivity contribution >= 4 is 12.6 Å². The summed E-state index contributed by atoms with van der Waals surface area (Å²) in [5.74, 6) is 2.56. The van der Waals surface area contributed by atoms with E-state index in [4.69, 9.17) is 9.47 Å². The maximum atomic E-state index is 5.39. The van der Waals surface area contributed by atoms with E-state index in [-0.39, 0.29) is 0 Å². The molecule has 1 atom stereocenters. The van der Waals surface area contributed by atoms with E-state index < -0.39 is 0 Å². The molecule has 0 bridgehead atoms. The van der Waals surface area contributed by atoms with E-state index in [2.05, 4.69) is 43.8 Å². The van der Waals surface area contributed by atoms with Crippen molar-refractivity contribution in [3.8, 4) is 11.5 Å². The molecule has 1 aromatic carbocycles. The number of hydrogen-bond donors (Lipinski definition) is 1. The highest BCUT2D eigenvalue weighted by molar-refractivity contribution is 7.80. The Morgan fingerprint density at radius 3 is 2.75 bits per heavy atom. The molecule has 16 heavy (non-hydrogen) atoms. The van der Waals surface area contributed by atoms with Crippen molar-refractivity contribution in [3.63, 3.8) is 0 Å². The predicted octanol–water partition coefficient (Wildman–Crippen LogP) is 2.34. The highest BCUT2D eigenvalue weighted by Crippen LogP contribution is 2.35. The third-order valence-corrected chi connectivity index (χ3v) is 3.07. The summed E-state index contributed by atoms with van der Waals surface area (Å²) in [6.45, 7) is 0.331. The number of thiol groups is 1. The van der Waals surface area contributed by atoms with Crippen LogP contribution in [0.15, 0.2) is 18.2 Å². The van der Waals surface area contributed by atoms with Crippen LogP contribution in [0.3, 0.4) is 0 Å². The normalized spacial score (nSPS) is 15.5. The molecule has 3 nitrogen and oxygen atoms in total. The molecule has 0 saturated carbocycles. The number of fused-ring (bicyclic) bond motifs is 1. The zero-order valence-electron chi connectivity index (χ0n) is 9.64. The molecule has 0 spiro atoms. The van der Waals surface area contributed by atoms with Gasteiger partial charge in [0.1, 0.15) is 0 Å². The Bertz CT molecular complexity index is 368. The van der Waals surface area contributed by atoms with Gasteiger partial charge < -0.3 is 14.4 Å². The average Bonchev–Trinajstić information content (AvgIpc) is 2.72. The molecule has 1 aliphatic rings. The first-order valence-corrected chi connectivity index (χ1v) is 6.02. The van der Waals surface area contributed by atoms with Gasteiger partial charge in [-0.1, -0.05) is 6.07 Å². The Morgan fingerprint density at radius 2 is 2.06 bits per heavy atom. The van der Waals surface area contributed by atoms with Gasteiger partial charge in [-0.25, -0.2) is 0 Å². The van der Waals surface area contributed by atoms with E-state index in [0.29, 0.717) is 12.8 Å². The van der Waals surface area contributed by atoms with Crippen molar-refractivity contribution in [2.45, 2.75) is 12.5 Å².